The summed E-state index contributed by atoms with van der Waals surface area (Å²) < 4.78 is 35.6. The molecule has 0 aliphatic heterocycles. The highest BCUT2D eigenvalue weighted by Gasteiger charge is 2.34. The molecule has 1 saturated carbocycles. The Balaban J connectivity index is 2.32. The normalized spacial score (nSPS) is 17.4. The van der Waals surface area contributed by atoms with Gasteiger partial charge in [0.1, 0.15) is 0 Å². The van der Waals surface area contributed by atoms with Crippen LogP contribution in [-0.2, 0) is 4.79 Å². The molecule has 1 aliphatic rings. The minimum atomic E-state index is -4.20. The Hall–Kier alpha value is -0.780. The van der Waals surface area contributed by atoms with E-state index in [1.807, 2.05) is 0 Å². The molecular formula is C8H12F3NO2. The summed E-state index contributed by atoms with van der Waals surface area (Å²) >= 11 is 0. The molecule has 0 saturated heterocycles. The van der Waals surface area contributed by atoms with Gasteiger partial charge < -0.3 is 5.11 Å². The zero-order valence-electron chi connectivity index (χ0n) is 7.55. The predicted octanol–water partition coefficient (Wildman–Crippen LogP) is 1.49. The maximum atomic E-state index is 11.9. The molecule has 1 rings (SSSR count). The summed E-state index contributed by atoms with van der Waals surface area (Å²) in [6.07, 6.45) is -3.52. The molecule has 0 unspecified atom stereocenters. The summed E-state index contributed by atoms with van der Waals surface area (Å²) in [5, 5.41) is 8.47. The third-order valence-electron chi connectivity index (χ3n) is 2.08. The number of carboxylic acid groups (broad SMARTS) is 1. The third kappa shape index (κ3) is 4.45. The fraction of sp³-hybridized carbons (Fsp3) is 0.875. The second kappa shape index (κ2) is 4.16. The number of carboxylic acids is 1. The lowest BCUT2D eigenvalue weighted by Crippen LogP contribution is -2.34. The molecule has 0 aromatic heterocycles. The Kier molecular flexibility index (Phi) is 3.36. The molecule has 0 aromatic carbocycles. The number of aliphatic carboxylic acids is 1. The molecule has 0 radical (unpaired) electrons. The van der Waals surface area contributed by atoms with Crippen LogP contribution in [0.1, 0.15) is 19.3 Å². The highest BCUT2D eigenvalue weighted by atomic mass is 19.4. The smallest absolute Gasteiger partial charge is 0.390 e. The van der Waals surface area contributed by atoms with E-state index >= 15 is 0 Å². The second-order valence-electron chi connectivity index (χ2n) is 3.46. The van der Waals surface area contributed by atoms with E-state index in [9.17, 15) is 18.0 Å². The topological polar surface area (TPSA) is 40.5 Å². The number of carbonyl (C=O) groups is 1. The lowest BCUT2D eigenvalue weighted by Gasteiger charge is -2.20. The van der Waals surface area contributed by atoms with E-state index in [2.05, 4.69) is 0 Å². The van der Waals surface area contributed by atoms with E-state index in [1.54, 1.807) is 0 Å². The van der Waals surface area contributed by atoms with Gasteiger partial charge in [-0.1, -0.05) is 0 Å². The maximum absolute atomic E-state index is 11.9. The van der Waals surface area contributed by atoms with Gasteiger partial charge in [0.2, 0.25) is 0 Å². The van der Waals surface area contributed by atoms with Gasteiger partial charge >= 0.3 is 12.1 Å². The maximum Gasteiger partial charge on any atom is 0.390 e. The molecule has 0 aromatic rings. The van der Waals surface area contributed by atoms with Crippen LogP contribution in [0.4, 0.5) is 13.2 Å². The Morgan fingerprint density at radius 2 is 2.00 bits per heavy atom. The molecule has 1 fully saturated rings. The van der Waals surface area contributed by atoms with Gasteiger partial charge in [-0.3, -0.25) is 9.69 Å². The monoisotopic (exact) mass is 211 g/mol. The molecule has 0 spiro atoms. The predicted molar refractivity (Wildman–Crippen MR) is 42.9 cm³/mol. The van der Waals surface area contributed by atoms with Crippen LogP contribution >= 0.6 is 0 Å². The molecule has 0 amide bonds. The Bertz CT molecular complexity index is 213. The number of alkyl halides is 3. The minimum absolute atomic E-state index is 0.0495. The molecule has 0 atom stereocenters. The van der Waals surface area contributed by atoms with E-state index in [4.69, 9.17) is 5.11 Å². The molecule has 6 heteroatoms. The van der Waals surface area contributed by atoms with Crippen LogP contribution in [0.2, 0.25) is 0 Å². The van der Waals surface area contributed by atoms with Crippen molar-refractivity contribution in [3.05, 3.63) is 0 Å². The van der Waals surface area contributed by atoms with Crippen LogP contribution in [-0.4, -0.2) is 41.3 Å². The summed E-state index contributed by atoms with van der Waals surface area (Å²) in [7, 11) is 0. The van der Waals surface area contributed by atoms with Gasteiger partial charge in [-0.15, -0.1) is 0 Å². The molecule has 1 N–H and O–H groups in total. The van der Waals surface area contributed by atoms with E-state index in [1.165, 1.54) is 4.90 Å². The van der Waals surface area contributed by atoms with Crippen molar-refractivity contribution in [1.82, 2.24) is 4.90 Å². The van der Waals surface area contributed by atoms with Crippen molar-refractivity contribution in [2.24, 2.45) is 0 Å². The Morgan fingerprint density at radius 1 is 1.43 bits per heavy atom. The highest BCUT2D eigenvalue weighted by molar-refractivity contribution is 5.69. The first-order valence-corrected chi connectivity index (χ1v) is 4.41. The van der Waals surface area contributed by atoms with Crippen LogP contribution in [0.25, 0.3) is 0 Å². The summed E-state index contributed by atoms with van der Waals surface area (Å²) in [4.78, 5) is 11.7. The largest absolute Gasteiger partial charge is 0.480 e. The zero-order chi connectivity index (χ0) is 10.8. The molecule has 82 valence electrons. The molecule has 0 bridgehead atoms. The van der Waals surface area contributed by atoms with Crippen molar-refractivity contribution < 1.29 is 23.1 Å². The highest BCUT2D eigenvalue weighted by Crippen LogP contribution is 2.28. The first kappa shape index (κ1) is 11.3. The van der Waals surface area contributed by atoms with Crippen LogP contribution in [0, 0.1) is 0 Å². The minimum Gasteiger partial charge on any atom is -0.480 e. The van der Waals surface area contributed by atoms with Crippen LogP contribution in [0.3, 0.4) is 0 Å². The molecule has 14 heavy (non-hydrogen) atoms. The molecule has 1 aliphatic carbocycles. The number of hydrogen-bond donors (Lipinski definition) is 1. The number of rotatable bonds is 5. The number of halogens is 3. The molecular weight excluding hydrogens is 199 g/mol. The number of hydrogen-bond acceptors (Lipinski definition) is 2. The third-order valence-corrected chi connectivity index (χ3v) is 2.08. The van der Waals surface area contributed by atoms with E-state index in [-0.39, 0.29) is 19.1 Å². The van der Waals surface area contributed by atoms with E-state index in [0.29, 0.717) is 0 Å². The van der Waals surface area contributed by atoms with Gasteiger partial charge in [0.25, 0.3) is 0 Å². The molecule has 0 heterocycles. The fourth-order valence-electron chi connectivity index (χ4n) is 1.27. The van der Waals surface area contributed by atoms with Gasteiger partial charge in [0.05, 0.1) is 13.0 Å². The summed E-state index contributed by atoms with van der Waals surface area (Å²) in [5.41, 5.74) is 0. The van der Waals surface area contributed by atoms with Crippen LogP contribution in [0.5, 0.6) is 0 Å². The quantitative estimate of drug-likeness (QED) is 0.748. The van der Waals surface area contributed by atoms with Crippen molar-refractivity contribution in [2.75, 3.05) is 13.1 Å². The lowest BCUT2D eigenvalue weighted by atomic mass is 10.3. The van der Waals surface area contributed by atoms with Gasteiger partial charge in [0.15, 0.2) is 0 Å². The summed E-state index contributed by atoms with van der Waals surface area (Å²) in [6, 6.07) is 0.0495. The van der Waals surface area contributed by atoms with Gasteiger partial charge in [-0.05, 0) is 12.8 Å². The van der Waals surface area contributed by atoms with Crippen molar-refractivity contribution >= 4 is 5.97 Å². The zero-order valence-corrected chi connectivity index (χ0v) is 7.55. The first-order valence-electron chi connectivity index (χ1n) is 4.41. The van der Waals surface area contributed by atoms with Gasteiger partial charge in [-0.2, -0.15) is 13.2 Å². The SMILES string of the molecule is O=C(O)CN(CCC(F)(F)F)C1CC1. The Labute approximate surface area is 79.5 Å². The van der Waals surface area contributed by atoms with Crippen LogP contribution in [0.15, 0.2) is 0 Å². The fourth-order valence-corrected chi connectivity index (χ4v) is 1.27. The first-order chi connectivity index (χ1) is 6.38. The average molecular weight is 211 g/mol. The van der Waals surface area contributed by atoms with E-state index in [0.717, 1.165) is 12.8 Å². The second-order valence-corrected chi connectivity index (χ2v) is 3.46. The summed E-state index contributed by atoms with van der Waals surface area (Å²) in [6.45, 7) is -0.499. The van der Waals surface area contributed by atoms with Crippen molar-refractivity contribution in [1.29, 1.82) is 0 Å². The van der Waals surface area contributed by atoms with Crippen molar-refractivity contribution in [3.63, 3.8) is 0 Å². The van der Waals surface area contributed by atoms with Crippen molar-refractivity contribution in [2.45, 2.75) is 31.5 Å². The summed E-state index contributed by atoms with van der Waals surface area (Å²) in [5.74, 6) is -1.07. The van der Waals surface area contributed by atoms with Gasteiger partial charge in [-0.25, -0.2) is 0 Å². The number of nitrogens with zero attached hydrogens (tertiary/aromatic N) is 1. The molecule has 3 nitrogen and oxygen atoms in total. The average Bonchev–Trinajstić information content (AvgIpc) is 2.77. The lowest BCUT2D eigenvalue weighted by molar-refractivity contribution is -0.145. The Morgan fingerprint density at radius 3 is 2.36 bits per heavy atom. The van der Waals surface area contributed by atoms with E-state index < -0.39 is 18.6 Å². The van der Waals surface area contributed by atoms with Crippen LogP contribution < -0.4 is 0 Å². The van der Waals surface area contributed by atoms with Crippen molar-refractivity contribution in [3.8, 4) is 0 Å². The van der Waals surface area contributed by atoms with Gasteiger partial charge in [0, 0.05) is 12.6 Å². The standard InChI is InChI=1S/C8H12F3NO2/c9-8(10,11)3-4-12(5-7(13)14)6-1-2-6/h6H,1-5H2,(H,13,14).